The van der Waals surface area contributed by atoms with Crippen LogP contribution in [0.4, 0.5) is 5.69 Å². The number of halogens is 1. The van der Waals surface area contributed by atoms with Crippen molar-refractivity contribution in [2.24, 2.45) is 0 Å². The Morgan fingerprint density at radius 3 is 2.70 bits per heavy atom. The number of rotatable bonds is 3. The molecule has 1 heterocycles. The number of aromatic nitrogens is 2. The number of para-hydroxylation sites is 1. The van der Waals surface area contributed by atoms with Crippen LogP contribution < -0.4 is 10.9 Å². The molecule has 6 heteroatoms. The van der Waals surface area contributed by atoms with Crippen molar-refractivity contribution in [1.29, 1.82) is 0 Å². The van der Waals surface area contributed by atoms with Gasteiger partial charge in [0.2, 0.25) is 5.91 Å². The highest BCUT2D eigenvalue weighted by Crippen LogP contribution is 2.14. The molecule has 1 amide bonds. The molecule has 2 aromatic carbocycles. The van der Waals surface area contributed by atoms with Crippen molar-refractivity contribution in [2.45, 2.75) is 13.5 Å². The molecule has 0 spiro atoms. The minimum absolute atomic E-state index is 0.0776. The van der Waals surface area contributed by atoms with Crippen molar-refractivity contribution < 1.29 is 4.79 Å². The second-order valence-corrected chi connectivity index (χ2v) is 6.12. The highest BCUT2D eigenvalue weighted by atomic mass is 79.9. The average Bonchev–Trinajstić information content (AvgIpc) is 2.53. The van der Waals surface area contributed by atoms with Crippen molar-refractivity contribution in [3.05, 3.63) is 69.2 Å². The molecule has 116 valence electrons. The van der Waals surface area contributed by atoms with E-state index in [1.54, 1.807) is 18.2 Å². The fraction of sp³-hybridized carbons (Fsp3) is 0.118. The third kappa shape index (κ3) is 3.32. The predicted molar refractivity (Wildman–Crippen MR) is 93.5 cm³/mol. The Labute approximate surface area is 141 Å². The number of hydrogen-bond donors (Lipinski definition) is 1. The van der Waals surface area contributed by atoms with Gasteiger partial charge < -0.3 is 5.32 Å². The van der Waals surface area contributed by atoms with Gasteiger partial charge in [-0.25, -0.2) is 4.98 Å². The molecule has 1 N–H and O–H groups in total. The summed E-state index contributed by atoms with van der Waals surface area (Å²) in [6.07, 6.45) is 1.42. The topological polar surface area (TPSA) is 64.0 Å². The highest BCUT2D eigenvalue weighted by Gasteiger charge is 2.09. The fourth-order valence-electron chi connectivity index (χ4n) is 2.34. The van der Waals surface area contributed by atoms with Crippen LogP contribution >= 0.6 is 15.9 Å². The largest absolute Gasteiger partial charge is 0.325 e. The maximum Gasteiger partial charge on any atom is 0.261 e. The van der Waals surface area contributed by atoms with Gasteiger partial charge in [-0.15, -0.1) is 0 Å². The van der Waals surface area contributed by atoms with Gasteiger partial charge in [-0.3, -0.25) is 14.2 Å². The van der Waals surface area contributed by atoms with Gasteiger partial charge in [0.25, 0.3) is 5.56 Å². The molecule has 0 fully saturated rings. The Kier molecular flexibility index (Phi) is 4.25. The lowest BCUT2D eigenvalue weighted by Gasteiger charge is -2.09. The third-order valence-electron chi connectivity index (χ3n) is 3.50. The SMILES string of the molecule is Cc1cccc2c(=O)n(CC(=O)Nc3ccc(Br)cc3)cnc12. The van der Waals surface area contributed by atoms with Crippen LogP contribution in [0.1, 0.15) is 5.56 Å². The van der Waals surface area contributed by atoms with Gasteiger partial charge in [0.05, 0.1) is 17.2 Å². The van der Waals surface area contributed by atoms with E-state index < -0.39 is 0 Å². The van der Waals surface area contributed by atoms with Crippen molar-refractivity contribution in [3.63, 3.8) is 0 Å². The highest BCUT2D eigenvalue weighted by molar-refractivity contribution is 9.10. The Bertz CT molecular complexity index is 933. The average molecular weight is 372 g/mol. The van der Waals surface area contributed by atoms with E-state index in [4.69, 9.17) is 0 Å². The molecule has 0 aliphatic rings. The number of nitrogens with one attached hydrogen (secondary N) is 1. The molecule has 3 aromatic rings. The van der Waals surface area contributed by atoms with Crippen LogP contribution in [-0.4, -0.2) is 15.5 Å². The molecular weight excluding hydrogens is 358 g/mol. The van der Waals surface area contributed by atoms with Crippen molar-refractivity contribution in [1.82, 2.24) is 9.55 Å². The molecule has 0 atom stereocenters. The van der Waals surface area contributed by atoms with Gasteiger partial charge in [-0.1, -0.05) is 28.1 Å². The van der Waals surface area contributed by atoms with Crippen LogP contribution in [-0.2, 0) is 11.3 Å². The van der Waals surface area contributed by atoms with Gasteiger partial charge in [0, 0.05) is 10.2 Å². The minimum Gasteiger partial charge on any atom is -0.325 e. The zero-order valence-electron chi connectivity index (χ0n) is 12.4. The molecule has 0 saturated heterocycles. The first kappa shape index (κ1) is 15.4. The monoisotopic (exact) mass is 371 g/mol. The number of benzene rings is 2. The molecule has 0 saturated carbocycles. The molecule has 0 unspecified atom stereocenters. The molecule has 0 aliphatic heterocycles. The molecule has 5 nitrogen and oxygen atoms in total. The van der Waals surface area contributed by atoms with Crippen LogP contribution in [0.3, 0.4) is 0 Å². The van der Waals surface area contributed by atoms with Gasteiger partial charge in [0.15, 0.2) is 0 Å². The van der Waals surface area contributed by atoms with E-state index in [-0.39, 0.29) is 18.0 Å². The summed E-state index contributed by atoms with van der Waals surface area (Å²) in [6, 6.07) is 12.7. The van der Waals surface area contributed by atoms with Gasteiger partial charge in [-0.05, 0) is 42.8 Å². The van der Waals surface area contributed by atoms with Crippen molar-refractivity contribution in [2.75, 3.05) is 5.32 Å². The van der Waals surface area contributed by atoms with Crippen LogP contribution in [0.25, 0.3) is 10.9 Å². The van der Waals surface area contributed by atoms with Crippen molar-refractivity contribution >= 4 is 38.4 Å². The summed E-state index contributed by atoms with van der Waals surface area (Å²) in [5.74, 6) is -0.275. The smallest absolute Gasteiger partial charge is 0.261 e. The molecule has 0 aliphatic carbocycles. The van der Waals surface area contributed by atoms with Gasteiger partial charge in [-0.2, -0.15) is 0 Å². The molecular formula is C17H14BrN3O2. The number of hydrogen-bond acceptors (Lipinski definition) is 3. The number of aryl methyl sites for hydroxylation is 1. The molecule has 0 radical (unpaired) electrons. The number of amides is 1. The predicted octanol–water partition coefficient (Wildman–Crippen LogP) is 3.11. The van der Waals surface area contributed by atoms with Gasteiger partial charge in [0.1, 0.15) is 6.54 Å². The maximum atomic E-state index is 12.5. The second-order valence-electron chi connectivity index (χ2n) is 5.20. The number of carbonyl (C=O) groups is 1. The first-order chi connectivity index (χ1) is 11.0. The van der Waals surface area contributed by atoms with E-state index in [1.165, 1.54) is 10.9 Å². The van der Waals surface area contributed by atoms with E-state index in [2.05, 4.69) is 26.2 Å². The van der Waals surface area contributed by atoms with Crippen LogP contribution in [0.15, 0.2) is 58.1 Å². The molecule has 3 rings (SSSR count). The number of nitrogens with zero attached hydrogens (tertiary/aromatic N) is 2. The maximum absolute atomic E-state index is 12.5. The summed E-state index contributed by atoms with van der Waals surface area (Å²) >= 11 is 3.34. The molecule has 23 heavy (non-hydrogen) atoms. The zero-order chi connectivity index (χ0) is 16.4. The molecule has 0 bridgehead atoms. The van der Waals surface area contributed by atoms with E-state index in [1.807, 2.05) is 31.2 Å². The number of fused-ring (bicyclic) bond motifs is 1. The number of carbonyl (C=O) groups excluding carboxylic acids is 1. The molecule has 1 aromatic heterocycles. The van der Waals surface area contributed by atoms with E-state index >= 15 is 0 Å². The van der Waals surface area contributed by atoms with E-state index in [0.717, 1.165) is 10.0 Å². The lowest BCUT2D eigenvalue weighted by Crippen LogP contribution is -2.28. The number of anilines is 1. The summed E-state index contributed by atoms with van der Waals surface area (Å²) < 4.78 is 2.25. The lowest BCUT2D eigenvalue weighted by molar-refractivity contribution is -0.116. The minimum atomic E-state index is -0.275. The fourth-order valence-corrected chi connectivity index (χ4v) is 2.60. The summed E-state index contributed by atoms with van der Waals surface area (Å²) in [5, 5.41) is 3.27. The van der Waals surface area contributed by atoms with Crippen LogP contribution in [0.5, 0.6) is 0 Å². The Morgan fingerprint density at radius 1 is 1.22 bits per heavy atom. The Hall–Kier alpha value is -2.47. The standard InChI is InChI=1S/C17H14BrN3O2/c1-11-3-2-4-14-16(11)19-10-21(17(14)23)9-15(22)20-13-7-5-12(18)6-8-13/h2-8,10H,9H2,1H3,(H,20,22). The lowest BCUT2D eigenvalue weighted by atomic mass is 10.1. The summed E-state index contributed by atoms with van der Waals surface area (Å²) in [7, 11) is 0. The van der Waals surface area contributed by atoms with Crippen LogP contribution in [0, 0.1) is 6.92 Å². The van der Waals surface area contributed by atoms with E-state index in [0.29, 0.717) is 16.6 Å². The Balaban J connectivity index is 1.84. The van der Waals surface area contributed by atoms with Crippen molar-refractivity contribution in [3.8, 4) is 0 Å². The first-order valence-corrected chi connectivity index (χ1v) is 7.84. The Morgan fingerprint density at radius 2 is 1.96 bits per heavy atom. The normalized spacial score (nSPS) is 10.7. The summed E-state index contributed by atoms with van der Waals surface area (Å²) in [5.41, 5.74) is 2.06. The third-order valence-corrected chi connectivity index (χ3v) is 4.03. The van der Waals surface area contributed by atoms with Crippen LogP contribution in [0.2, 0.25) is 0 Å². The van der Waals surface area contributed by atoms with E-state index in [9.17, 15) is 9.59 Å². The summed E-state index contributed by atoms with van der Waals surface area (Å²) in [4.78, 5) is 28.9. The quantitative estimate of drug-likeness (QED) is 0.769. The second kappa shape index (κ2) is 6.34. The first-order valence-electron chi connectivity index (χ1n) is 7.05. The zero-order valence-corrected chi connectivity index (χ0v) is 14.0. The summed E-state index contributed by atoms with van der Waals surface area (Å²) in [6.45, 7) is 1.82. The van der Waals surface area contributed by atoms with Gasteiger partial charge >= 0.3 is 0 Å².